The fraction of sp³-hybridized carbons (Fsp3) is 0.310. The van der Waals surface area contributed by atoms with Crippen LogP contribution in [-0.2, 0) is 15.0 Å². The van der Waals surface area contributed by atoms with E-state index >= 15 is 0 Å². The van der Waals surface area contributed by atoms with Crippen molar-refractivity contribution in [1.82, 2.24) is 0 Å². The van der Waals surface area contributed by atoms with Gasteiger partial charge in [0.15, 0.2) is 0 Å². The fourth-order valence-corrected chi connectivity index (χ4v) is 6.70. The maximum atomic E-state index is 14.1. The van der Waals surface area contributed by atoms with E-state index in [1.165, 1.54) is 27.2 Å². The van der Waals surface area contributed by atoms with E-state index in [4.69, 9.17) is 4.74 Å². The lowest BCUT2D eigenvalue weighted by Crippen LogP contribution is -2.53. The van der Waals surface area contributed by atoms with Crippen LogP contribution in [0.2, 0.25) is 0 Å². The van der Waals surface area contributed by atoms with Crippen LogP contribution in [0.1, 0.15) is 54.9 Å². The standard InChI is InChI=1S/C29H27NO3/c1-3-17-33-19-15-13-18(14-16-19)30-27(31)25-24-20-9-5-7-11-22(20)29(4-2,26(25)28(30)32)23-12-8-6-10-21(23)24/h5-16,24-26H,3-4,17H2,1-2H3/t24?,25-,26+,29?/m1/s1. The number of benzene rings is 3. The van der Waals surface area contributed by atoms with Gasteiger partial charge in [0.2, 0.25) is 11.8 Å². The molecule has 7 rings (SSSR count). The first-order chi connectivity index (χ1) is 16.1. The molecule has 3 aromatic carbocycles. The summed E-state index contributed by atoms with van der Waals surface area (Å²) in [5.74, 6) is -0.271. The largest absolute Gasteiger partial charge is 0.494 e. The monoisotopic (exact) mass is 437 g/mol. The molecule has 1 aliphatic heterocycles. The molecule has 3 aliphatic carbocycles. The second-order valence-electron chi connectivity index (χ2n) is 9.33. The van der Waals surface area contributed by atoms with Gasteiger partial charge in [0.1, 0.15) is 5.75 Å². The maximum Gasteiger partial charge on any atom is 0.238 e. The molecule has 3 aromatic rings. The lowest BCUT2D eigenvalue weighted by atomic mass is 9.46. The molecule has 4 aliphatic rings. The van der Waals surface area contributed by atoms with Crippen LogP contribution in [0.4, 0.5) is 5.69 Å². The molecule has 0 radical (unpaired) electrons. The Morgan fingerprint density at radius 3 is 2.00 bits per heavy atom. The first kappa shape index (κ1) is 20.2. The number of ether oxygens (including phenoxy) is 1. The summed E-state index contributed by atoms with van der Waals surface area (Å²) < 4.78 is 5.69. The molecule has 2 amide bonds. The Morgan fingerprint density at radius 1 is 0.818 bits per heavy atom. The van der Waals surface area contributed by atoms with E-state index in [9.17, 15) is 9.59 Å². The number of anilines is 1. The number of rotatable bonds is 5. The molecule has 0 aromatic heterocycles. The summed E-state index contributed by atoms with van der Waals surface area (Å²) in [5, 5.41) is 0. The van der Waals surface area contributed by atoms with Gasteiger partial charge in [-0.25, -0.2) is 4.90 Å². The topological polar surface area (TPSA) is 46.6 Å². The second kappa shape index (κ2) is 7.31. The summed E-state index contributed by atoms with van der Waals surface area (Å²) in [6.45, 7) is 4.85. The average Bonchev–Trinajstić information content (AvgIpc) is 3.14. The number of imide groups is 1. The molecule has 4 nitrogen and oxygen atoms in total. The van der Waals surface area contributed by atoms with E-state index in [1.807, 2.05) is 24.3 Å². The molecule has 2 bridgehead atoms. The van der Waals surface area contributed by atoms with Gasteiger partial charge in [-0.3, -0.25) is 9.59 Å². The number of hydrogen-bond donors (Lipinski definition) is 0. The van der Waals surface area contributed by atoms with Gasteiger partial charge in [0.05, 0.1) is 24.1 Å². The van der Waals surface area contributed by atoms with Gasteiger partial charge in [0.25, 0.3) is 0 Å². The van der Waals surface area contributed by atoms with Crippen molar-refractivity contribution in [3.63, 3.8) is 0 Å². The Morgan fingerprint density at radius 2 is 1.42 bits per heavy atom. The van der Waals surface area contributed by atoms with Crippen LogP contribution < -0.4 is 9.64 Å². The van der Waals surface area contributed by atoms with Crippen molar-refractivity contribution in [2.75, 3.05) is 11.5 Å². The van der Waals surface area contributed by atoms with Gasteiger partial charge in [-0.1, -0.05) is 62.4 Å². The Kier molecular flexibility index (Phi) is 4.48. The van der Waals surface area contributed by atoms with E-state index in [0.29, 0.717) is 12.3 Å². The smallest absolute Gasteiger partial charge is 0.238 e. The number of nitrogens with zero attached hydrogens (tertiary/aromatic N) is 1. The summed E-state index contributed by atoms with van der Waals surface area (Å²) >= 11 is 0. The molecule has 0 unspecified atom stereocenters. The molecule has 0 spiro atoms. The van der Waals surface area contributed by atoms with Crippen molar-refractivity contribution in [1.29, 1.82) is 0 Å². The lowest BCUT2D eigenvalue weighted by molar-refractivity contribution is -0.123. The molecule has 166 valence electrons. The third-order valence-electron chi connectivity index (χ3n) is 7.92. The number of hydrogen-bond acceptors (Lipinski definition) is 3. The highest BCUT2D eigenvalue weighted by molar-refractivity contribution is 6.23. The summed E-state index contributed by atoms with van der Waals surface area (Å²) in [5.41, 5.74) is 4.96. The Labute approximate surface area is 194 Å². The average molecular weight is 438 g/mol. The van der Waals surface area contributed by atoms with Gasteiger partial charge >= 0.3 is 0 Å². The predicted molar refractivity (Wildman–Crippen MR) is 127 cm³/mol. The third kappa shape index (κ3) is 2.52. The normalized spacial score (nSPS) is 26.7. The van der Waals surface area contributed by atoms with Crippen molar-refractivity contribution in [3.05, 3.63) is 95.1 Å². The van der Waals surface area contributed by atoms with Crippen LogP contribution in [0.3, 0.4) is 0 Å². The molecular weight excluding hydrogens is 410 g/mol. The Hall–Kier alpha value is -3.40. The van der Waals surface area contributed by atoms with E-state index < -0.39 is 5.41 Å². The minimum absolute atomic E-state index is 0.0805. The van der Waals surface area contributed by atoms with Gasteiger partial charge < -0.3 is 4.74 Å². The molecule has 4 heteroatoms. The molecular formula is C29H27NO3. The minimum atomic E-state index is -0.488. The van der Waals surface area contributed by atoms with Crippen molar-refractivity contribution in [2.24, 2.45) is 11.8 Å². The quantitative estimate of drug-likeness (QED) is 0.500. The highest BCUT2D eigenvalue weighted by Gasteiger charge is 2.67. The van der Waals surface area contributed by atoms with E-state index in [-0.39, 0.29) is 29.6 Å². The fourth-order valence-electron chi connectivity index (χ4n) is 6.70. The molecule has 1 saturated heterocycles. The van der Waals surface area contributed by atoms with Crippen LogP contribution in [0.5, 0.6) is 5.75 Å². The van der Waals surface area contributed by atoms with Crippen LogP contribution in [0, 0.1) is 11.8 Å². The number of carbonyl (C=O) groups is 2. The molecule has 0 N–H and O–H groups in total. The number of carbonyl (C=O) groups excluding carboxylic acids is 2. The first-order valence-electron chi connectivity index (χ1n) is 11.9. The van der Waals surface area contributed by atoms with Crippen molar-refractivity contribution < 1.29 is 14.3 Å². The Balaban J connectivity index is 1.51. The Bertz CT molecular complexity index is 1210. The minimum Gasteiger partial charge on any atom is -0.494 e. The maximum absolute atomic E-state index is 14.1. The highest BCUT2D eigenvalue weighted by atomic mass is 16.5. The predicted octanol–water partition coefficient (Wildman–Crippen LogP) is 5.44. The third-order valence-corrected chi connectivity index (χ3v) is 7.92. The van der Waals surface area contributed by atoms with E-state index in [2.05, 4.69) is 62.4 Å². The number of amides is 2. The summed E-state index contributed by atoms with van der Waals surface area (Å²) in [7, 11) is 0. The zero-order valence-electron chi connectivity index (χ0n) is 19.0. The van der Waals surface area contributed by atoms with E-state index in [0.717, 1.165) is 18.6 Å². The van der Waals surface area contributed by atoms with Gasteiger partial charge in [-0.05, 0) is 59.4 Å². The molecule has 1 heterocycles. The van der Waals surface area contributed by atoms with Crippen LogP contribution >= 0.6 is 0 Å². The summed E-state index contributed by atoms with van der Waals surface area (Å²) in [4.78, 5) is 29.4. The van der Waals surface area contributed by atoms with Gasteiger partial charge in [0, 0.05) is 11.3 Å². The first-order valence-corrected chi connectivity index (χ1v) is 11.9. The van der Waals surface area contributed by atoms with Gasteiger partial charge in [-0.15, -0.1) is 0 Å². The van der Waals surface area contributed by atoms with Crippen LogP contribution in [0.25, 0.3) is 0 Å². The van der Waals surface area contributed by atoms with Crippen molar-refractivity contribution in [2.45, 2.75) is 38.0 Å². The summed E-state index contributed by atoms with van der Waals surface area (Å²) in [6.07, 6.45) is 1.70. The lowest BCUT2D eigenvalue weighted by Gasteiger charge is -2.54. The molecule has 33 heavy (non-hydrogen) atoms. The van der Waals surface area contributed by atoms with Gasteiger partial charge in [-0.2, -0.15) is 0 Å². The molecule has 1 fully saturated rings. The van der Waals surface area contributed by atoms with Crippen LogP contribution in [-0.4, -0.2) is 18.4 Å². The SMILES string of the molecule is CCCOc1ccc(N2C(=O)[C@@H]3C4c5ccccc5C(CC)(c5ccccc54)[C@@H]3C2=O)cc1. The zero-order chi connectivity index (χ0) is 22.7. The highest BCUT2D eigenvalue weighted by Crippen LogP contribution is 2.65. The van der Waals surface area contributed by atoms with E-state index in [1.54, 1.807) is 0 Å². The molecule has 0 saturated carbocycles. The second-order valence-corrected chi connectivity index (χ2v) is 9.33. The van der Waals surface area contributed by atoms with Crippen molar-refractivity contribution >= 4 is 17.5 Å². The van der Waals surface area contributed by atoms with Crippen LogP contribution in [0.15, 0.2) is 72.8 Å². The van der Waals surface area contributed by atoms with Crippen molar-refractivity contribution in [3.8, 4) is 5.75 Å². The summed E-state index contributed by atoms with van der Waals surface area (Å²) in [6, 6.07) is 24.2. The zero-order valence-corrected chi connectivity index (χ0v) is 19.0. The molecule has 2 atom stereocenters.